The summed E-state index contributed by atoms with van der Waals surface area (Å²) in [5.41, 5.74) is 0.637. The normalized spacial score (nSPS) is 9.44. The molecule has 5 nitrogen and oxygen atoms in total. The summed E-state index contributed by atoms with van der Waals surface area (Å²) >= 11 is 5.76. The van der Waals surface area contributed by atoms with E-state index < -0.39 is 13.1 Å². The van der Waals surface area contributed by atoms with Crippen molar-refractivity contribution in [1.29, 1.82) is 0 Å². The standard InChI is InChI=1S/C11H14BClN2O3/c1-2-7-14-11(17)15-12(18-8-16)9-3-5-10(13)6-4-9/h3-6,8H,2,7H2,1H3,(H2,14,15,17). The molecule has 1 rings (SSSR count). The number of carbonyl (C=O) groups is 2. The largest absolute Gasteiger partial charge is 0.522 e. The Balaban J connectivity index is 2.67. The number of nitrogens with one attached hydrogen (secondary N) is 2. The Bertz CT molecular complexity index is 400. The molecule has 0 bridgehead atoms. The molecule has 0 aliphatic rings. The third kappa shape index (κ3) is 4.67. The number of hydrogen-bond donors (Lipinski definition) is 2. The van der Waals surface area contributed by atoms with Crippen molar-refractivity contribution < 1.29 is 14.2 Å². The van der Waals surface area contributed by atoms with Gasteiger partial charge in [0, 0.05) is 11.6 Å². The molecule has 2 amide bonds. The fourth-order valence-electron chi connectivity index (χ4n) is 1.30. The van der Waals surface area contributed by atoms with Gasteiger partial charge >= 0.3 is 13.1 Å². The summed E-state index contributed by atoms with van der Waals surface area (Å²) in [6, 6.07) is 6.28. The first-order valence-corrected chi connectivity index (χ1v) is 5.94. The second kappa shape index (κ2) is 7.60. The quantitative estimate of drug-likeness (QED) is 0.595. The SMILES string of the molecule is CCCNC(=O)NB(OC=O)c1ccc(Cl)cc1. The number of rotatable bonds is 6. The Hall–Kier alpha value is -1.69. The van der Waals surface area contributed by atoms with Crippen LogP contribution in [0.5, 0.6) is 0 Å². The number of urea groups is 1. The van der Waals surface area contributed by atoms with E-state index in [4.69, 9.17) is 16.3 Å². The van der Waals surface area contributed by atoms with E-state index in [0.29, 0.717) is 23.5 Å². The number of carbonyl (C=O) groups excluding carboxylic acids is 2. The van der Waals surface area contributed by atoms with Crippen LogP contribution in [-0.4, -0.2) is 26.1 Å². The van der Waals surface area contributed by atoms with Crippen molar-refractivity contribution in [2.24, 2.45) is 0 Å². The predicted octanol–water partition coefficient (Wildman–Crippen LogP) is 0.917. The van der Waals surface area contributed by atoms with E-state index in [9.17, 15) is 9.59 Å². The highest BCUT2D eigenvalue weighted by Crippen LogP contribution is 2.04. The van der Waals surface area contributed by atoms with Crippen molar-refractivity contribution >= 4 is 36.6 Å². The lowest BCUT2D eigenvalue weighted by atomic mass is 9.74. The van der Waals surface area contributed by atoms with E-state index in [0.717, 1.165) is 6.42 Å². The van der Waals surface area contributed by atoms with Gasteiger partial charge in [-0.2, -0.15) is 0 Å². The van der Waals surface area contributed by atoms with Crippen molar-refractivity contribution in [3.05, 3.63) is 29.3 Å². The summed E-state index contributed by atoms with van der Waals surface area (Å²) in [6.45, 7) is 2.79. The summed E-state index contributed by atoms with van der Waals surface area (Å²) in [6.07, 6.45) is 0.827. The molecule has 1 aromatic rings. The molecule has 0 spiro atoms. The van der Waals surface area contributed by atoms with Crippen molar-refractivity contribution in [3.8, 4) is 0 Å². The zero-order valence-electron chi connectivity index (χ0n) is 9.98. The molecule has 0 atom stereocenters. The highest BCUT2D eigenvalue weighted by Gasteiger charge is 2.23. The Morgan fingerprint density at radius 3 is 2.67 bits per heavy atom. The van der Waals surface area contributed by atoms with Crippen molar-refractivity contribution in [3.63, 3.8) is 0 Å². The Kier molecular flexibility index (Phi) is 6.07. The summed E-state index contributed by atoms with van der Waals surface area (Å²) in [7, 11) is -0.823. The van der Waals surface area contributed by atoms with Crippen molar-refractivity contribution in [1.82, 2.24) is 10.5 Å². The summed E-state index contributed by atoms with van der Waals surface area (Å²) in [5.74, 6) is 0. The first-order chi connectivity index (χ1) is 8.67. The monoisotopic (exact) mass is 268 g/mol. The van der Waals surface area contributed by atoms with Crippen LogP contribution in [-0.2, 0) is 9.45 Å². The molecule has 0 unspecified atom stereocenters. The van der Waals surface area contributed by atoms with E-state index in [2.05, 4.69) is 10.5 Å². The van der Waals surface area contributed by atoms with Crippen LogP contribution in [0.2, 0.25) is 5.02 Å². The molecule has 0 aromatic heterocycles. The third-order valence-corrected chi connectivity index (χ3v) is 2.41. The van der Waals surface area contributed by atoms with Crippen LogP contribution in [0.4, 0.5) is 4.79 Å². The maximum absolute atomic E-state index is 11.5. The number of hydrogen-bond acceptors (Lipinski definition) is 3. The summed E-state index contributed by atoms with van der Waals surface area (Å²) < 4.78 is 4.82. The Labute approximate surface area is 111 Å². The summed E-state index contributed by atoms with van der Waals surface area (Å²) in [4.78, 5) is 21.9. The average Bonchev–Trinajstić information content (AvgIpc) is 2.37. The van der Waals surface area contributed by atoms with Crippen LogP contribution in [0, 0.1) is 0 Å². The second-order valence-electron chi connectivity index (χ2n) is 3.56. The van der Waals surface area contributed by atoms with Gasteiger partial charge in [-0.25, -0.2) is 0 Å². The molecule has 0 aliphatic carbocycles. The molecular formula is C11H14BClN2O3. The highest BCUT2D eigenvalue weighted by molar-refractivity contribution is 6.68. The molecule has 0 fully saturated rings. The molecule has 0 radical (unpaired) electrons. The molecule has 0 heterocycles. The molecule has 2 N–H and O–H groups in total. The molecule has 0 aliphatic heterocycles. The molecule has 96 valence electrons. The van der Waals surface area contributed by atoms with Gasteiger partial charge in [0.1, 0.15) is 0 Å². The Morgan fingerprint density at radius 1 is 1.44 bits per heavy atom. The van der Waals surface area contributed by atoms with Gasteiger partial charge in [0.05, 0.1) is 0 Å². The van der Waals surface area contributed by atoms with Crippen LogP contribution < -0.4 is 16.0 Å². The van der Waals surface area contributed by atoms with Gasteiger partial charge in [0.25, 0.3) is 6.47 Å². The molecule has 18 heavy (non-hydrogen) atoms. The highest BCUT2D eigenvalue weighted by atomic mass is 35.5. The number of halogens is 1. The molecule has 7 heteroatoms. The molecule has 0 saturated carbocycles. The lowest BCUT2D eigenvalue weighted by molar-refractivity contribution is -0.121. The van der Waals surface area contributed by atoms with Gasteiger partial charge in [0.15, 0.2) is 0 Å². The number of amides is 2. The van der Waals surface area contributed by atoms with E-state index in [1.807, 2.05) is 6.92 Å². The maximum Gasteiger partial charge on any atom is 0.522 e. The van der Waals surface area contributed by atoms with Gasteiger partial charge in [-0.15, -0.1) is 0 Å². The van der Waals surface area contributed by atoms with Crippen LogP contribution in [0.3, 0.4) is 0 Å². The van der Waals surface area contributed by atoms with Gasteiger partial charge in [-0.1, -0.05) is 30.7 Å². The third-order valence-electron chi connectivity index (χ3n) is 2.16. The first kappa shape index (κ1) is 14.4. The molecular weight excluding hydrogens is 254 g/mol. The van der Waals surface area contributed by atoms with E-state index >= 15 is 0 Å². The van der Waals surface area contributed by atoms with E-state index in [1.54, 1.807) is 24.3 Å². The minimum Gasteiger partial charge on any atom is -0.513 e. The minimum atomic E-state index is -0.823. The van der Waals surface area contributed by atoms with Gasteiger partial charge < -0.3 is 15.2 Å². The zero-order valence-corrected chi connectivity index (χ0v) is 10.7. The Morgan fingerprint density at radius 2 is 2.11 bits per heavy atom. The first-order valence-electron chi connectivity index (χ1n) is 5.56. The summed E-state index contributed by atoms with van der Waals surface area (Å²) in [5, 5.41) is 5.74. The minimum absolute atomic E-state index is 0.291. The zero-order chi connectivity index (χ0) is 13.4. The van der Waals surface area contributed by atoms with Gasteiger partial charge in [0.2, 0.25) is 0 Å². The lowest BCUT2D eigenvalue weighted by Gasteiger charge is -2.13. The fraction of sp³-hybridized carbons (Fsp3) is 0.273. The predicted molar refractivity (Wildman–Crippen MR) is 70.8 cm³/mol. The smallest absolute Gasteiger partial charge is 0.513 e. The van der Waals surface area contributed by atoms with Crippen molar-refractivity contribution in [2.75, 3.05) is 6.54 Å². The number of benzene rings is 1. The van der Waals surface area contributed by atoms with Crippen LogP contribution in [0.15, 0.2) is 24.3 Å². The second-order valence-corrected chi connectivity index (χ2v) is 4.00. The van der Waals surface area contributed by atoms with Crippen molar-refractivity contribution in [2.45, 2.75) is 13.3 Å². The van der Waals surface area contributed by atoms with E-state index in [1.165, 1.54) is 0 Å². The van der Waals surface area contributed by atoms with Crippen LogP contribution in [0.1, 0.15) is 13.3 Å². The van der Waals surface area contributed by atoms with Gasteiger partial charge in [-0.05, 0) is 24.0 Å². The molecule has 1 aromatic carbocycles. The van der Waals surface area contributed by atoms with Crippen LogP contribution in [0.25, 0.3) is 0 Å². The van der Waals surface area contributed by atoms with Crippen LogP contribution >= 0.6 is 11.6 Å². The van der Waals surface area contributed by atoms with Gasteiger partial charge in [-0.3, -0.25) is 9.59 Å². The topological polar surface area (TPSA) is 67.4 Å². The fourth-order valence-corrected chi connectivity index (χ4v) is 1.42. The maximum atomic E-state index is 11.5. The average molecular weight is 269 g/mol. The van der Waals surface area contributed by atoms with E-state index in [-0.39, 0.29) is 0 Å². The molecule has 0 saturated heterocycles. The lowest BCUT2D eigenvalue weighted by Crippen LogP contribution is -2.53.